The molecule has 30 heavy (non-hydrogen) atoms. The maximum atomic E-state index is 13.2. The zero-order valence-corrected chi connectivity index (χ0v) is 18.8. The minimum Gasteiger partial charge on any atom is -0.384 e. The summed E-state index contributed by atoms with van der Waals surface area (Å²) < 4.78 is 10.4. The van der Waals surface area contributed by atoms with Crippen molar-refractivity contribution in [3.63, 3.8) is 0 Å². The first-order valence-electron chi connectivity index (χ1n) is 10.7. The lowest BCUT2D eigenvalue weighted by atomic mass is 9.88. The van der Waals surface area contributed by atoms with Crippen LogP contribution in [-0.2, 0) is 30.3 Å². The first-order chi connectivity index (χ1) is 14.2. The molecule has 0 spiro atoms. The van der Waals surface area contributed by atoms with Gasteiger partial charge >= 0.3 is 0 Å². The number of rotatable bonds is 13. The Kier molecular flexibility index (Phi) is 8.74. The van der Waals surface area contributed by atoms with Gasteiger partial charge in [-0.25, -0.2) is 0 Å². The van der Waals surface area contributed by atoms with Crippen molar-refractivity contribution in [2.24, 2.45) is 17.8 Å². The van der Waals surface area contributed by atoms with Gasteiger partial charge in [0.05, 0.1) is 19.3 Å². The third-order valence-corrected chi connectivity index (χ3v) is 5.55. The number of hydrogen-bond acceptors (Lipinski definition) is 5. The van der Waals surface area contributed by atoms with E-state index < -0.39 is 17.6 Å². The number of hydrogen-bond donors (Lipinski definition) is 1. The first kappa shape index (κ1) is 24.2. The fraction of sp³-hybridized carbons (Fsp3) is 0.625. The highest BCUT2D eigenvalue weighted by molar-refractivity contribution is 5.97. The van der Waals surface area contributed by atoms with Gasteiger partial charge in [0.2, 0.25) is 5.91 Å². The van der Waals surface area contributed by atoms with Crippen molar-refractivity contribution in [1.82, 2.24) is 5.32 Å². The Hall–Kier alpha value is -2.05. The summed E-state index contributed by atoms with van der Waals surface area (Å²) >= 11 is 0. The van der Waals surface area contributed by atoms with Crippen LogP contribution in [-0.4, -0.2) is 49.4 Å². The quantitative estimate of drug-likeness (QED) is 0.499. The topological polar surface area (TPSA) is 85.0 Å². The molecule has 1 heterocycles. The summed E-state index contributed by atoms with van der Waals surface area (Å²) in [6.45, 7) is 8.30. The van der Waals surface area contributed by atoms with E-state index in [1.165, 1.54) is 0 Å². The molecule has 1 aromatic carbocycles. The Labute approximate surface area is 179 Å². The molecule has 166 valence electrons. The minimum atomic E-state index is -0.801. The monoisotopic (exact) mass is 417 g/mol. The highest BCUT2D eigenvalue weighted by Crippen LogP contribution is 2.30. The molecule has 1 N–H and O–H groups in total. The average Bonchev–Trinajstić information content (AvgIpc) is 3.45. The van der Waals surface area contributed by atoms with Gasteiger partial charge in [0.15, 0.2) is 5.78 Å². The molecule has 1 saturated heterocycles. The molecule has 6 nitrogen and oxygen atoms in total. The van der Waals surface area contributed by atoms with Gasteiger partial charge in [0.1, 0.15) is 11.4 Å². The molecule has 6 heteroatoms. The van der Waals surface area contributed by atoms with Crippen LogP contribution in [0.4, 0.5) is 0 Å². The first-order valence-corrected chi connectivity index (χ1v) is 10.7. The van der Waals surface area contributed by atoms with Crippen molar-refractivity contribution in [3.05, 3.63) is 35.9 Å². The van der Waals surface area contributed by atoms with Crippen molar-refractivity contribution < 1.29 is 23.9 Å². The number of nitrogens with one attached hydrogen (secondary N) is 1. The Morgan fingerprint density at radius 2 is 1.80 bits per heavy atom. The maximum Gasteiger partial charge on any atom is 0.224 e. The second-order valence-electron chi connectivity index (χ2n) is 8.99. The van der Waals surface area contributed by atoms with Crippen LogP contribution in [0.5, 0.6) is 0 Å². The van der Waals surface area contributed by atoms with Crippen LogP contribution in [0.3, 0.4) is 0 Å². The smallest absolute Gasteiger partial charge is 0.224 e. The van der Waals surface area contributed by atoms with Crippen molar-refractivity contribution in [2.75, 3.05) is 20.3 Å². The number of benzene rings is 1. The standard InChI is InChI=1S/C24H35NO5/c1-16(2)11-20(22(27)24(4)15-30-24)25-23(28)19(12-18-9-7-6-8-10-18)13-21(26)17(3)14-29-5/h6-10,16-17,19-20H,11-15H2,1-5H3,(H,25,28)/t17-,19+,20-,24+/m0/s1. The lowest BCUT2D eigenvalue weighted by Crippen LogP contribution is -2.49. The second-order valence-corrected chi connectivity index (χ2v) is 8.99. The number of methoxy groups -OCH3 is 1. The molecule has 1 fully saturated rings. The van der Waals surface area contributed by atoms with E-state index in [2.05, 4.69) is 5.32 Å². The van der Waals surface area contributed by atoms with Crippen LogP contribution in [0, 0.1) is 17.8 Å². The van der Waals surface area contributed by atoms with Gasteiger partial charge in [-0.1, -0.05) is 51.1 Å². The molecule has 0 aliphatic carbocycles. The lowest BCUT2D eigenvalue weighted by molar-refractivity contribution is -0.134. The van der Waals surface area contributed by atoms with Crippen LogP contribution in [0.1, 0.15) is 46.1 Å². The summed E-state index contributed by atoms with van der Waals surface area (Å²) in [5.41, 5.74) is 0.180. The number of Topliss-reactive ketones (excluding diaryl/α,β-unsaturated/α-hetero) is 2. The Balaban J connectivity index is 2.16. The van der Waals surface area contributed by atoms with Gasteiger partial charge in [-0.05, 0) is 31.2 Å². The van der Waals surface area contributed by atoms with Crippen LogP contribution in [0.25, 0.3) is 0 Å². The molecule has 0 unspecified atom stereocenters. The number of amides is 1. The normalized spacial score (nSPS) is 21.0. The Morgan fingerprint density at radius 1 is 1.17 bits per heavy atom. The summed E-state index contributed by atoms with van der Waals surface area (Å²) in [6, 6.07) is 9.01. The zero-order valence-electron chi connectivity index (χ0n) is 18.8. The van der Waals surface area contributed by atoms with Crippen molar-refractivity contribution >= 4 is 17.5 Å². The average molecular weight is 418 g/mol. The fourth-order valence-electron chi connectivity index (χ4n) is 3.55. The molecule has 0 bridgehead atoms. The van der Waals surface area contributed by atoms with E-state index in [4.69, 9.17) is 9.47 Å². The van der Waals surface area contributed by atoms with Gasteiger partial charge in [-0.3, -0.25) is 14.4 Å². The minimum absolute atomic E-state index is 0.0165. The molecule has 1 aromatic rings. The van der Waals surface area contributed by atoms with Crippen LogP contribution < -0.4 is 5.32 Å². The third kappa shape index (κ3) is 7.03. The highest BCUT2D eigenvalue weighted by atomic mass is 16.6. The summed E-state index contributed by atoms with van der Waals surface area (Å²) in [4.78, 5) is 38.7. The molecule has 1 amide bonds. The van der Waals surface area contributed by atoms with Crippen LogP contribution in [0.2, 0.25) is 0 Å². The number of carbonyl (C=O) groups excluding carboxylic acids is 3. The summed E-state index contributed by atoms with van der Waals surface area (Å²) in [6.07, 6.45) is 1.09. The van der Waals surface area contributed by atoms with Crippen molar-refractivity contribution in [1.29, 1.82) is 0 Å². The number of ketones is 2. The van der Waals surface area contributed by atoms with E-state index in [0.29, 0.717) is 26.1 Å². The predicted molar refractivity (Wildman–Crippen MR) is 115 cm³/mol. The number of epoxide rings is 1. The van der Waals surface area contributed by atoms with Gasteiger partial charge in [-0.2, -0.15) is 0 Å². The molecule has 1 aliphatic rings. The number of ether oxygens (including phenoxy) is 2. The highest BCUT2D eigenvalue weighted by Gasteiger charge is 2.50. The molecular weight excluding hydrogens is 382 g/mol. The van der Waals surface area contributed by atoms with Crippen molar-refractivity contribution in [2.45, 2.75) is 58.6 Å². The molecule has 0 saturated carbocycles. The zero-order chi connectivity index (χ0) is 22.3. The molecule has 2 rings (SSSR count). The van der Waals surface area contributed by atoms with Crippen molar-refractivity contribution in [3.8, 4) is 0 Å². The lowest BCUT2D eigenvalue weighted by Gasteiger charge is -2.25. The number of carbonyl (C=O) groups is 3. The summed E-state index contributed by atoms with van der Waals surface area (Å²) in [5.74, 6) is -0.973. The van der Waals surface area contributed by atoms with Gasteiger partial charge in [0, 0.05) is 25.4 Å². The maximum absolute atomic E-state index is 13.2. The molecule has 4 atom stereocenters. The largest absolute Gasteiger partial charge is 0.384 e. The van der Waals surface area contributed by atoms with Crippen LogP contribution >= 0.6 is 0 Å². The van der Waals surface area contributed by atoms with E-state index in [1.807, 2.05) is 44.2 Å². The molecule has 1 aliphatic heterocycles. The van der Waals surface area contributed by atoms with Crippen LogP contribution in [0.15, 0.2) is 30.3 Å². The Bertz CT molecular complexity index is 726. The molecule has 0 aromatic heterocycles. The molecule has 0 radical (unpaired) electrons. The molecular formula is C24H35NO5. The third-order valence-electron chi connectivity index (χ3n) is 5.55. The van der Waals surface area contributed by atoms with E-state index in [-0.39, 0.29) is 35.7 Å². The summed E-state index contributed by atoms with van der Waals surface area (Å²) in [7, 11) is 1.56. The van der Waals surface area contributed by atoms with E-state index in [0.717, 1.165) is 5.56 Å². The van der Waals surface area contributed by atoms with Gasteiger partial charge in [0.25, 0.3) is 0 Å². The fourth-order valence-corrected chi connectivity index (χ4v) is 3.55. The summed E-state index contributed by atoms with van der Waals surface area (Å²) in [5, 5.41) is 2.94. The van der Waals surface area contributed by atoms with E-state index in [1.54, 1.807) is 21.0 Å². The Morgan fingerprint density at radius 3 is 2.33 bits per heavy atom. The van der Waals surface area contributed by atoms with E-state index >= 15 is 0 Å². The predicted octanol–water partition coefficient (Wildman–Crippen LogP) is 2.98. The van der Waals surface area contributed by atoms with Gasteiger partial charge < -0.3 is 14.8 Å². The second kappa shape index (κ2) is 10.8. The SMILES string of the molecule is COC[C@H](C)C(=O)C[C@@H](Cc1ccccc1)C(=O)N[C@@H](CC(C)C)C(=O)[C@@]1(C)CO1. The van der Waals surface area contributed by atoms with Gasteiger partial charge in [-0.15, -0.1) is 0 Å². The van der Waals surface area contributed by atoms with E-state index in [9.17, 15) is 14.4 Å².